The van der Waals surface area contributed by atoms with Gasteiger partial charge in [-0.1, -0.05) is 6.92 Å². The summed E-state index contributed by atoms with van der Waals surface area (Å²) in [5, 5.41) is 8.76. The third kappa shape index (κ3) is 7.51. The molecule has 0 saturated carbocycles. The molecule has 0 rings (SSSR count). The molecule has 0 aliphatic carbocycles. The van der Waals surface area contributed by atoms with Gasteiger partial charge in [0.15, 0.2) is 0 Å². The first kappa shape index (κ1) is 12.2. The maximum Gasteiger partial charge on any atom is 0.294 e. The van der Waals surface area contributed by atoms with Crippen LogP contribution in [0.4, 0.5) is 0 Å². The van der Waals surface area contributed by atoms with Crippen molar-refractivity contribution < 1.29 is 18.3 Å². The van der Waals surface area contributed by atoms with Crippen LogP contribution in [0.1, 0.15) is 19.8 Å². The molecule has 0 atom stereocenters. The number of sulfone groups is 1. The van der Waals surface area contributed by atoms with Crippen LogP contribution < -0.4 is 0 Å². The minimum absolute atomic E-state index is 0.0469. The molecule has 0 unspecified atom stereocenters. The molecule has 0 amide bonds. The Morgan fingerprint density at radius 2 is 2.00 bits per heavy atom. The zero-order valence-corrected chi connectivity index (χ0v) is 8.25. The lowest BCUT2D eigenvalue weighted by molar-refractivity contribution is -0.757. The standard InChI is InChI=1S/C6H13NO5S/c1-2-5-13(10,11)6-3-4-12-7(8)9/h2-6H2,1H3. The first-order chi connectivity index (χ1) is 5.98. The summed E-state index contributed by atoms with van der Waals surface area (Å²) in [6.45, 7) is 1.61. The molecule has 0 aliphatic heterocycles. The van der Waals surface area contributed by atoms with E-state index in [1.54, 1.807) is 6.92 Å². The lowest BCUT2D eigenvalue weighted by atomic mass is 10.5. The van der Waals surface area contributed by atoms with Gasteiger partial charge in [-0.3, -0.25) is 0 Å². The Kier molecular flexibility index (Phi) is 5.36. The monoisotopic (exact) mass is 211 g/mol. The van der Waals surface area contributed by atoms with Crippen molar-refractivity contribution >= 4 is 9.84 Å². The van der Waals surface area contributed by atoms with E-state index in [4.69, 9.17) is 0 Å². The fourth-order valence-electron chi connectivity index (χ4n) is 0.831. The summed E-state index contributed by atoms with van der Waals surface area (Å²) in [6.07, 6.45) is 0.738. The third-order valence-corrected chi connectivity index (χ3v) is 3.25. The zero-order valence-electron chi connectivity index (χ0n) is 7.43. The molecule has 0 saturated heterocycles. The van der Waals surface area contributed by atoms with Crippen molar-refractivity contribution in [2.45, 2.75) is 19.8 Å². The van der Waals surface area contributed by atoms with Crippen LogP contribution >= 0.6 is 0 Å². The summed E-state index contributed by atoms with van der Waals surface area (Å²) in [5.74, 6) is 0.0835. The van der Waals surface area contributed by atoms with E-state index in [1.807, 2.05) is 0 Å². The summed E-state index contributed by atoms with van der Waals surface area (Å²) in [4.78, 5) is 13.7. The van der Waals surface area contributed by atoms with Gasteiger partial charge in [0.25, 0.3) is 5.09 Å². The molecule has 0 spiro atoms. The molecule has 0 bridgehead atoms. The second-order valence-electron chi connectivity index (χ2n) is 2.56. The zero-order chi connectivity index (χ0) is 10.3. The summed E-state index contributed by atoms with van der Waals surface area (Å²) < 4.78 is 22.1. The van der Waals surface area contributed by atoms with Crippen LogP contribution in [0.3, 0.4) is 0 Å². The topological polar surface area (TPSA) is 86.5 Å². The lowest BCUT2D eigenvalue weighted by Gasteiger charge is -2.01. The fraction of sp³-hybridized carbons (Fsp3) is 1.00. The van der Waals surface area contributed by atoms with Crippen LogP contribution in [0, 0.1) is 10.1 Å². The maximum absolute atomic E-state index is 11.0. The van der Waals surface area contributed by atoms with Gasteiger partial charge in [0, 0.05) is 5.75 Å². The number of rotatable bonds is 7. The first-order valence-electron chi connectivity index (χ1n) is 3.95. The Balaban J connectivity index is 3.58. The quantitative estimate of drug-likeness (QED) is 0.346. The van der Waals surface area contributed by atoms with Crippen LogP contribution in [-0.4, -0.2) is 31.6 Å². The highest BCUT2D eigenvalue weighted by Crippen LogP contribution is 1.96. The van der Waals surface area contributed by atoms with Crippen molar-refractivity contribution in [3.05, 3.63) is 10.1 Å². The van der Waals surface area contributed by atoms with E-state index in [0.717, 1.165) is 0 Å². The molecular weight excluding hydrogens is 198 g/mol. The summed E-state index contributed by atoms with van der Waals surface area (Å²) >= 11 is 0. The van der Waals surface area contributed by atoms with Crippen LogP contribution in [0.25, 0.3) is 0 Å². The molecule has 0 fully saturated rings. The van der Waals surface area contributed by atoms with E-state index < -0.39 is 14.9 Å². The van der Waals surface area contributed by atoms with E-state index in [1.165, 1.54) is 0 Å². The van der Waals surface area contributed by atoms with E-state index in [2.05, 4.69) is 4.84 Å². The van der Waals surface area contributed by atoms with Crippen LogP contribution in [0.15, 0.2) is 0 Å². The van der Waals surface area contributed by atoms with E-state index in [-0.39, 0.29) is 24.5 Å². The van der Waals surface area contributed by atoms with Gasteiger partial charge in [0.05, 0.1) is 12.4 Å². The number of nitrogens with zero attached hydrogens (tertiary/aromatic N) is 1. The summed E-state index contributed by atoms with van der Waals surface area (Å²) in [5.41, 5.74) is 0. The lowest BCUT2D eigenvalue weighted by Crippen LogP contribution is -2.13. The predicted molar refractivity (Wildman–Crippen MR) is 46.5 cm³/mol. The van der Waals surface area contributed by atoms with Crippen molar-refractivity contribution in [3.8, 4) is 0 Å². The molecule has 0 N–H and O–H groups in total. The SMILES string of the molecule is CCCS(=O)(=O)CCCO[N+](=O)[O-]. The van der Waals surface area contributed by atoms with Gasteiger partial charge in [-0.15, -0.1) is 10.1 Å². The molecule has 6 nitrogen and oxygen atoms in total. The van der Waals surface area contributed by atoms with Crippen LogP contribution in [-0.2, 0) is 14.7 Å². The average Bonchev–Trinajstić information content (AvgIpc) is 1.98. The van der Waals surface area contributed by atoms with Gasteiger partial charge in [-0.05, 0) is 12.8 Å². The average molecular weight is 211 g/mol. The highest BCUT2D eigenvalue weighted by atomic mass is 32.2. The largest absolute Gasteiger partial charge is 0.314 e. The molecule has 7 heteroatoms. The molecular formula is C6H13NO5S. The van der Waals surface area contributed by atoms with Gasteiger partial charge >= 0.3 is 0 Å². The molecule has 0 aliphatic rings. The van der Waals surface area contributed by atoms with Gasteiger partial charge in [-0.2, -0.15) is 0 Å². The van der Waals surface area contributed by atoms with E-state index >= 15 is 0 Å². The molecule has 0 radical (unpaired) electrons. The molecule has 0 aromatic rings. The molecule has 78 valence electrons. The van der Waals surface area contributed by atoms with E-state index in [9.17, 15) is 18.5 Å². The van der Waals surface area contributed by atoms with E-state index in [0.29, 0.717) is 6.42 Å². The molecule has 0 heterocycles. The van der Waals surface area contributed by atoms with Gasteiger partial charge in [-0.25, -0.2) is 8.42 Å². The Morgan fingerprint density at radius 1 is 1.38 bits per heavy atom. The van der Waals surface area contributed by atoms with Gasteiger partial charge < -0.3 is 4.84 Å². The van der Waals surface area contributed by atoms with Crippen LogP contribution in [0.5, 0.6) is 0 Å². The Morgan fingerprint density at radius 3 is 2.46 bits per heavy atom. The molecule has 13 heavy (non-hydrogen) atoms. The highest BCUT2D eigenvalue weighted by Gasteiger charge is 2.08. The molecule has 0 aromatic carbocycles. The van der Waals surface area contributed by atoms with Crippen molar-refractivity contribution in [1.82, 2.24) is 0 Å². The summed E-state index contributed by atoms with van der Waals surface area (Å²) in [7, 11) is -3.03. The minimum atomic E-state index is -3.03. The van der Waals surface area contributed by atoms with Crippen molar-refractivity contribution in [2.24, 2.45) is 0 Å². The van der Waals surface area contributed by atoms with Crippen LogP contribution in [0.2, 0.25) is 0 Å². The maximum atomic E-state index is 11.0. The van der Waals surface area contributed by atoms with Crippen molar-refractivity contribution in [2.75, 3.05) is 18.1 Å². The normalized spacial score (nSPS) is 11.2. The minimum Gasteiger partial charge on any atom is -0.314 e. The highest BCUT2D eigenvalue weighted by molar-refractivity contribution is 7.91. The Labute approximate surface area is 76.9 Å². The Hall–Kier alpha value is -0.850. The fourth-order valence-corrected chi connectivity index (χ4v) is 2.21. The first-order valence-corrected chi connectivity index (χ1v) is 5.78. The second kappa shape index (κ2) is 5.74. The molecule has 0 aromatic heterocycles. The van der Waals surface area contributed by atoms with Gasteiger partial charge in [0.2, 0.25) is 0 Å². The van der Waals surface area contributed by atoms with Gasteiger partial charge in [0.1, 0.15) is 9.84 Å². The number of hydrogen-bond acceptors (Lipinski definition) is 5. The summed E-state index contributed by atoms with van der Waals surface area (Å²) in [6, 6.07) is 0. The predicted octanol–water partition coefficient (Wildman–Crippen LogP) is 0.410. The number of hydrogen-bond donors (Lipinski definition) is 0. The van der Waals surface area contributed by atoms with Crippen molar-refractivity contribution in [3.63, 3.8) is 0 Å². The smallest absolute Gasteiger partial charge is 0.294 e. The van der Waals surface area contributed by atoms with Crippen molar-refractivity contribution in [1.29, 1.82) is 0 Å². The Bertz CT molecular complexity index is 248. The second-order valence-corrected chi connectivity index (χ2v) is 4.87. The third-order valence-electron chi connectivity index (χ3n) is 1.31.